The van der Waals surface area contributed by atoms with Gasteiger partial charge in [-0.2, -0.15) is 4.37 Å². The molecule has 0 saturated carbocycles. The zero-order valence-corrected chi connectivity index (χ0v) is 18.7. The lowest BCUT2D eigenvalue weighted by molar-refractivity contribution is 0.208. The van der Waals surface area contributed by atoms with Crippen molar-refractivity contribution in [3.8, 4) is 5.88 Å². The van der Waals surface area contributed by atoms with Crippen molar-refractivity contribution in [3.63, 3.8) is 0 Å². The largest absolute Gasteiger partial charge is 0.470 e. The first-order valence-corrected chi connectivity index (χ1v) is 11.3. The number of hydrogen-bond acceptors (Lipinski definition) is 8. The molecule has 2 amide bonds. The van der Waals surface area contributed by atoms with Gasteiger partial charge in [0.05, 0.1) is 17.4 Å². The van der Waals surface area contributed by atoms with Crippen molar-refractivity contribution < 1.29 is 9.53 Å². The second-order valence-electron chi connectivity index (χ2n) is 7.70. The maximum Gasteiger partial charge on any atom is 0.321 e. The van der Waals surface area contributed by atoms with Gasteiger partial charge >= 0.3 is 6.03 Å². The number of urea groups is 1. The molecule has 168 valence electrons. The van der Waals surface area contributed by atoms with E-state index in [4.69, 9.17) is 10.5 Å². The summed E-state index contributed by atoms with van der Waals surface area (Å²) in [6.07, 6.45) is 1.65. The number of aromatic nitrogens is 3. The van der Waals surface area contributed by atoms with Gasteiger partial charge in [-0.05, 0) is 29.1 Å². The van der Waals surface area contributed by atoms with Crippen molar-refractivity contribution >= 4 is 45.9 Å². The first kappa shape index (κ1) is 21.0. The number of nitrogen functional groups attached to an aromatic ring is 1. The Morgan fingerprint density at radius 2 is 1.88 bits per heavy atom. The van der Waals surface area contributed by atoms with E-state index < -0.39 is 0 Å². The Hall–Kier alpha value is -3.92. The van der Waals surface area contributed by atoms with E-state index in [9.17, 15) is 4.79 Å². The third-order valence-corrected chi connectivity index (χ3v) is 6.06. The molecule has 2 aromatic heterocycles. The van der Waals surface area contributed by atoms with Crippen molar-refractivity contribution in [2.75, 3.05) is 42.1 Å². The topological polar surface area (TPSA) is 109 Å². The molecule has 1 fully saturated rings. The van der Waals surface area contributed by atoms with Gasteiger partial charge in [0.15, 0.2) is 0 Å². The average Bonchev–Trinajstić information content (AvgIpc) is 3.32. The molecular weight excluding hydrogens is 438 g/mol. The second kappa shape index (κ2) is 9.29. The Morgan fingerprint density at radius 3 is 2.73 bits per heavy atom. The number of benzene rings is 2. The number of ether oxygens (including phenoxy) is 1. The lowest BCUT2D eigenvalue weighted by Crippen LogP contribution is -2.50. The Morgan fingerprint density at radius 1 is 1.06 bits per heavy atom. The number of pyridine rings is 1. The number of rotatable bonds is 5. The minimum absolute atomic E-state index is 0.103. The van der Waals surface area contributed by atoms with Gasteiger partial charge in [-0.15, -0.1) is 4.37 Å². The maximum atomic E-state index is 12.9. The number of carbonyl (C=O) groups excluding carboxylic acids is 1. The number of hydrogen-bond donors (Lipinski definition) is 2. The highest BCUT2D eigenvalue weighted by Gasteiger charge is 2.25. The van der Waals surface area contributed by atoms with E-state index in [0.29, 0.717) is 50.3 Å². The van der Waals surface area contributed by atoms with E-state index in [1.54, 1.807) is 12.3 Å². The van der Waals surface area contributed by atoms with Gasteiger partial charge in [-0.25, -0.2) is 9.78 Å². The fourth-order valence-corrected chi connectivity index (χ4v) is 4.37. The fourth-order valence-electron chi connectivity index (χ4n) is 3.85. The maximum absolute atomic E-state index is 12.9. The molecule has 0 radical (unpaired) electrons. The van der Waals surface area contributed by atoms with Gasteiger partial charge < -0.3 is 25.6 Å². The van der Waals surface area contributed by atoms with Crippen molar-refractivity contribution in [1.29, 1.82) is 0 Å². The van der Waals surface area contributed by atoms with Crippen molar-refractivity contribution in [3.05, 3.63) is 66.4 Å². The normalized spacial score (nSPS) is 13.8. The van der Waals surface area contributed by atoms with Crippen molar-refractivity contribution in [2.45, 2.75) is 6.61 Å². The molecule has 0 bridgehead atoms. The number of fused-ring (bicyclic) bond motifs is 1. The van der Waals surface area contributed by atoms with E-state index in [1.165, 1.54) is 0 Å². The lowest BCUT2D eigenvalue weighted by atomic mass is 10.1. The molecule has 0 aliphatic carbocycles. The van der Waals surface area contributed by atoms with Crippen LogP contribution in [0.5, 0.6) is 5.88 Å². The number of amides is 2. The molecule has 33 heavy (non-hydrogen) atoms. The lowest BCUT2D eigenvalue weighted by Gasteiger charge is -2.34. The van der Waals surface area contributed by atoms with Crippen LogP contribution < -0.4 is 20.7 Å². The monoisotopic (exact) mass is 461 g/mol. The zero-order valence-electron chi connectivity index (χ0n) is 17.8. The van der Waals surface area contributed by atoms with E-state index in [-0.39, 0.29) is 6.03 Å². The standard InChI is InChI=1S/C23H23N7O2S/c24-20-14-16(8-9-25-20)15-32-22-21(27-33-28-22)29-10-12-30(13-11-29)23(31)26-19-7-3-5-17-4-1-2-6-18(17)19/h1-9,14H,10-13,15H2,(H2,24,25)(H,26,31). The van der Waals surface area contributed by atoms with Crippen LogP contribution in [-0.2, 0) is 6.61 Å². The number of nitrogens with one attached hydrogen (secondary N) is 1. The minimum Gasteiger partial charge on any atom is -0.470 e. The van der Waals surface area contributed by atoms with Crippen LogP contribution in [0.4, 0.5) is 22.1 Å². The third-order valence-electron chi connectivity index (χ3n) is 5.56. The molecule has 10 heteroatoms. The Balaban J connectivity index is 1.19. The van der Waals surface area contributed by atoms with Crippen LogP contribution in [0.25, 0.3) is 10.8 Å². The molecule has 1 aliphatic heterocycles. The zero-order chi connectivity index (χ0) is 22.6. The highest BCUT2D eigenvalue weighted by molar-refractivity contribution is 6.99. The summed E-state index contributed by atoms with van der Waals surface area (Å²) in [5.74, 6) is 1.64. The summed E-state index contributed by atoms with van der Waals surface area (Å²) in [6.45, 7) is 2.78. The van der Waals surface area contributed by atoms with Crippen LogP contribution in [0.2, 0.25) is 0 Å². The summed E-state index contributed by atoms with van der Waals surface area (Å²) in [5.41, 5.74) is 7.46. The second-order valence-corrected chi connectivity index (χ2v) is 8.23. The highest BCUT2D eigenvalue weighted by Crippen LogP contribution is 2.28. The fraction of sp³-hybridized carbons (Fsp3) is 0.217. The quantitative estimate of drug-likeness (QED) is 0.467. The van der Waals surface area contributed by atoms with Crippen LogP contribution in [0.15, 0.2) is 60.8 Å². The van der Waals surface area contributed by atoms with Gasteiger partial charge in [0.1, 0.15) is 12.4 Å². The summed E-state index contributed by atoms with van der Waals surface area (Å²) in [5, 5.41) is 5.18. The molecule has 3 N–H and O–H groups in total. The SMILES string of the molecule is Nc1cc(COc2nsnc2N2CCN(C(=O)Nc3cccc4ccccc34)CC2)ccn1. The Kier molecular flexibility index (Phi) is 5.90. The van der Waals surface area contributed by atoms with Crippen LogP contribution in [-0.4, -0.2) is 50.8 Å². The number of piperazine rings is 1. The smallest absolute Gasteiger partial charge is 0.321 e. The predicted octanol–water partition coefficient (Wildman–Crippen LogP) is 3.60. The number of nitrogens with two attached hydrogens (primary N) is 1. The van der Waals surface area contributed by atoms with E-state index >= 15 is 0 Å². The highest BCUT2D eigenvalue weighted by atomic mass is 32.1. The number of carbonyl (C=O) groups is 1. The first-order valence-electron chi connectivity index (χ1n) is 10.6. The average molecular weight is 462 g/mol. The van der Waals surface area contributed by atoms with Crippen LogP contribution in [0.1, 0.15) is 5.56 Å². The number of anilines is 3. The van der Waals surface area contributed by atoms with Gasteiger partial charge in [0.2, 0.25) is 5.82 Å². The minimum atomic E-state index is -0.103. The summed E-state index contributed by atoms with van der Waals surface area (Å²) in [7, 11) is 0. The Bertz CT molecular complexity index is 1270. The molecule has 9 nitrogen and oxygen atoms in total. The van der Waals surface area contributed by atoms with Crippen molar-refractivity contribution in [2.24, 2.45) is 0 Å². The van der Waals surface area contributed by atoms with Gasteiger partial charge in [-0.1, -0.05) is 36.4 Å². The number of nitrogens with zero attached hydrogens (tertiary/aromatic N) is 5. The Labute approximate surface area is 195 Å². The molecule has 0 atom stereocenters. The summed E-state index contributed by atoms with van der Waals surface area (Å²) < 4.78 is 14.6. The van der Waals surface area contributed by atoms with E-state index in [2.05, 4.69) is 23.9 Å². The summed E-state index contributed by atoms with van der Waals surface area (Å²) >= 11 is 1.11. The van der Waals surface area contributed by atoms with Crippen LogP contribution >= 0.6 is 11.7 Å². The molecule has 1 aliphatic rings. The van der Waals surface area contributed by atoms with Crippen LogP contribution in [0.3, 0.4) is 0 Å². The first-order chi connectivity index (χ1) is 16.2. The van der Waals surface area contributed by atoms with Crippen LogP contribution in [0, 0.1) is 0 Å². The molecule has 5 rings (SSSR count). The summed E-state index contributed by atoms with van der Waals surface area (Å²) in [6, 6.07) is 17.5. The summed E-state index contributed by atoms with van der Waals surface area (Å²) in [4.78, 5) is 20.8. The molecule has 0 spiro atoms. The molecular formula is C23H23N7O2S. The predicted molar refractivity (Wildman–Crippen MR) is 130 cm³/mol. The van der Waals surface area contributed by atoms with Gasteiger partial charge in [-0.3, -0.25) is 0 Å². The third kappa shape index (κ3) is 4.65. The van der Waals surface area contributed by atoms with Gasteiger partial charge in [0.25, 0.3) is 5.88 Å². The van der Waals surface area contributed by atoms with E-state index in [0.717, 1.165) is 33.8 Å². The van der Waals surface area contributed by atoms with Crippen molar-refractivity contribution in [1.82, 2.24) is 18.6 Å². The molecule has 2 aromatic carbocycles. The molecule has 0 unspecified atom stereocenters. The van der Waals surface area contributed by atoms with Gasteiger partial charge in [0, 0.05) is 37.8 Å². The molecule has 1 saturated heterocycles. The molecule has 4 aromatic rings. The molecule has 3 heterocycles. The van der Waals surface area contributed by atoms with E-state index in [1.807, 2.05) is 53.4 Å².